The van der Waals surface area contributed by atoms with Crippen molar-refractivity contribution in [3.8, 4) is 11.5 Å². The van der Waals surface area contributed by atoms with Crippen LogP contribution in [0.4, 0.5) is 4.39 Å². The van der Waals surface area contributed by atoms with Crippen LogP contribution in [0.25, 0.3) is 0 Å². The molecular weight excluding hydrogens is 540 g/mol. The summed E-state index contributed by atoms with van der Waals surface area (Å²) in [6.45, 7) is 22.2. The number of rotatable bonds is 10. The van der Waals surface area contributed by atoms with Crippen molar-refractivity contribution in [1.29, 1.82) is 0 Å². The first-order chi connectivity index (χ1) is 17.3. The van der Waals surface area contributed by atoms with E-state index < -0.39 is 54.4 Å². The summed E-state index contributed by atoms with van der Waals surface area (Å²) in [6, 6.07) is 1.16. The molecule has 1 aliphatic rings. The van der Waals surface area contributed by atoms with Gasteiger partial charge in [0.05, 0.1) is 12.7 Å². The summed E-state index contributed by atoms with van der Waals surface area (Å²) in [4.78, 5) is 38.0. The fourth-order valence-electron chi connectivity index (χ4n) is 4.82. The van der Waals surface area contributed by atoms with Crippen LogP contribution in [0.3, 0.4) is 0 Å². The minimum atomic E-state index is -3.16. The Morgan fingerprint density at radius 2 is 1.66 bits per heavy atom. The van der Waals surface area contributed by atoms with Crippen LogP contribution in [0.15, 0.2) is 21.9 Å². The van der Waals surface area contributed by atoms with Crippen LogP contribution in [0, 0.1) is 11.5 Å². The molecule has 2 heterocycles. The van der Waals surface area contributed by atoms with Gasteiger partial charge < -0.3 is 18.1 Å². The van der Waals surface area contributed by atoms with E-state index in [1.54, 1.807) is 0 Å². The summed E-state index contributed by atoms with van der Waals surface area (Å²) in [7, 11) is -8.13. The van der Waals surface area contributed by atoms with Gasteiger partial charge in [0.1, 0.15) is 8.07 Å². The summed E-state index contributed by atoms with van der Waals surface area (Å²) >= 11 is 0. The number of aromatic nitrogens is 2. The lowest BCUT2D eigenvalue weighted by molar-refractivity contribution is -0.0524. The third-order valence-electron chi connectivity index (χ3n) is 7.07. The van der Waals surface area contributed by atoms with Crippen LogP contribution in [-0.4, -0.2) is 57.9 Å². The highest BCUT2D eigenvalue weighted by Crippen LogP contribution is 2.44. The fourth-order valence-corrected chi connectivity index (χ4v) is 15.2. The molecule has 1 aromatic rings. The second-order valence-corrected chi connectivity index (χ2v) is 26.1. The lowest BCUT2D eigenvalue weighted by Gasteiger charge is -2.46. The van der Waals surface area contributed by atoms with Gasteiger partial charge in [0, 0.05) is 18.7 Å². The van der Waals surface area contributed by atoms with E-state index in [0.29, 0.717) is 0 Å². The number of alkyl halides is 1. The maximum Gasteiger partial charge on any atom is 0.334 e. The lowest BCUT2D eigenvalue weighted by atomic mass is 10.0. The number of ether oxygens (including phenoxy) is 1. The average Bonchev–Trinajstić information content (AvgIpc) is 3.10. The molecule has 0 saturated carbocycles. The smallest absolute Gasteiger partial charge is 0.334 e. The van der Waals surface area contributed by atoms with Crippen LogP contribution in [0.5, 0.6) is 0 Å². The highest BCUT2D eigenvalue weighted by atomic mass is 28.5. The quantitative estimate of drug-likeness (QED) is 0.297. The molecule has 2 rings (SSSR count). The second kappa shape index (κ2) is 12.0. The van der Waals surface area contributed by atoms with Gasteiger partial charge in [0.25, 0.3) is 5.56 Å². The highest BCUT2D eigenvalue weighted by molar-refractivity contribution is 6.84. The van der Waals surface area contributed by atoms with Crippen molar-refractivity contribution in [2.45, 2.75) is 122 Å². The first-order valence-electron chi connectivity index (χ1n) is 13.5. The van der Waals surface area contributed by atoms with E-state index in [2.05, 4.69) is 16.4 Å². The zero-order valence-corrected chi connectivity index (χ0v) is 27.8. The van der Waals surface area contributed by atoms with Gasteiger partial charge in [-0.15, -0.1) is 5.54 Å². The van der Waals surface area contributed by atoms with Gasteiger partial charge in [-0.1, -0.05) is 81.0 Å². The molecule has 0 aliphatic carbocycles. The molecular formula is C26H47FN2O6Si3. The van der Waals surface area contributed by atoms with Crippen LogP contribution >= 0.6 is 0 Å². The summed E-state index contributed by atoms with van der Waals surface area (Å²) in [5.74, 6) is 2.79. The molecule has 8 nitrogen and oxygen atoms in total. The Morgan fingerprint density at radius 1 is 1.11 bits per heavy atom. The van der Waals surface area contributed by atoms with Gasteiger partial charge in [-0.3, -0.25) is 14.3 Å². The van der Waals surface area contributed by atoms with Crippen molar-refractivity contribution in [3.63, 3.8) is 0 Å². The van der Waals surface area contributed by atoms with E-state index in [1.807, 2.05) is 75.0 Å². The number of nitrogens with one attached hydrogen (secondary N) is 1. The molecule has 0 amide bonds. The van der Waals surface area contributed by atoms with Gasteiger partial charge in [-0.2, -0.15) is 0 Å². The number of nitrogens with zero attached hydrogens (tertiary/aromatic N) is 1. The maximum absolute atomic E-state index is 16.5. The molecule has 0 radical (unpaired) electrons. The van der Waals surface area contributed by atoms with Gasteiger partial charge in [-0.05, 0) is 22.2 Å². The van der Waals surface area contributed by atoms with Crippen molar-refractivity contribution in [2.75, 3.05) is 6.61 Å². The Bertz CT molecular complexity index is 1120. The third kappa shape index (κ3) is 7.24. The van der Waals surface area contributed by atoms with Gasteiger partial charge in [-0.25, -0.2) is 9.18 Å². The Labute approximate surface area is 229 Å². The van der Waals surface area contributed by atoms with Crippen LogP contribution in [0.2, 0.25) is 41.8 Å². The van der Waals surface area contributed by atoms with Crippen molar-refractivity contribution < 1.29 is 22.5 Å². The van der Waals surface area contributed by atoms with Gasteiger partial charge >= 0.3 is 22.8 Å². The normalized spacial score (nSPS) is 23.0. The highest BCUT2D eigenvalue weighted by Gasteiger charge is 2.56. The van der Waals surface area contributed by atoms with E-state index in [4.69, 9.17) is 13.3 Å². The zero-order valence-electron chi connectivity index (χ0n) is 24.8. The summed E-state index contributed by atoms with van der Waals surface area (Å²) in [5, 5.41) is 0. The molecule has 38 heavy (non-hydrogen) atoms. The largest absolute Gasteiger partial charge is 0.414 e. The Kier molecular flexibility index (Phi) is 10.4. The molecule has 1 aliphatic heterocycles. The first kappa shape index (κ1) is 32.9. The van der Waals surface area contributed by atoms with Crippen molar-refractivity contribution in [2.24, 2.45) is 0 Å². The second-order valence-electron chi connectivity index (χ2n) is 12.7. The monoisotopic (exact) mass is 586 g/mol. The van der Waals surface area contributed by atoms with Crippen molar-refractivity contribution >= 4 is 25.2 Å². The van der Waals surface area contributed by atoms with E-state index in [0.717, 1.165) is 10.6 Å². The third-order valence-corrected chi connectivity index (χ3v) is 17.7. The van der Waals surface area contributed by atoms with Crippen LogP contribution in [-0.2, 0) is 13.3 Å². The standard InChI is InChI=1S/C26H47FN2O6Si3/c1-18(2)37(32,19(3)4)35-38(20(5)6,21(7)8)33-17-22-16-26(27,13-15-36(9,10)11)24(34-22)29-14-12-23(30)28-25(29)31/h12,14,18-22,24,32H,16-17H2,1-11H3,(H,28,30,31)/t22-,24+,26+/m0/s1. The molecule has 216 valence electrons. The summed E-state index contributed by atoms with van der Waals surface area (Å²) < 4.78 is 37.0. The molecule has 3 atom stereocenters. The molecule has 1 aromatic heterocycles. The van der Waals surface area contributed by atoms with Gasteiger partial charge in [0.2, 0.25) is 5.67 Å². The SMILES string of the molecule is CC(C)[Si](O)(O[Si](OC[C@@H]1C[C@](F)(C#C[Si](C)(C)C)[C@H](n2ccc(=O)[nH]c2=O)O1)(C(C)C)C(C)C)C(C)C. The maximum atomic E-state index is 16.5. The average molecular weight is 587 g/mol. The Morgan fingerprint density at radius 3 is 2.11 bits per heavy atom. The molecule has 1 saturated heterocycles. The molecule has 0 spiro atoms. The molecule has 0 bridgehead atoms. The van der Waals surface area contributed by atoms with E-state index in [9.17, 15) is 14.4 Å². The van der Waals surface area contributed by atoms with Crippen LogP contribution < -0.4 is 11.2 Å². The number of aromatic amines is 1. The fraction of sp³-hybridized carbons (Fsp3) is 0.769. The Balaban J connectivity index is 2.46. The number of H-pyrrole nitrogens is 1. The minimum Gasteiger partial charge on any atom is -0.414 e. The van der Waals surface area contributed by atoms with Gasteiger partial charge in [0.15, 0.2) is 6.23 Å². The van der Waals surface area contributed by atoms with Crippen molar-refractivity contribution in [1.82, 2.24) is 9.55 Å². The molecule has 12 heteroatoms. The van der Waals surface area contributed by atoms with E-state index >= 15 is 4.39 Å². The molecule has 1 fully saturated rings. The first-order valence-corrected chi connectivity index (χ1v) is 21.0. The van der Waals surface area contributed by atoms with Crippen LogP contribution in [0.1, 0.15) is 68.0 Å². The van der Waals surface area contributed by atoms with E-state index in [-0.39, 0.29) is 35.2 Å². The molecule has 2 N–H and O–H groups in total. The number of hydrogen-bond donors (Lipinski definition) is 2. The minimum absolute atomic E-state index is 0.0138. The predicted molar refractivity (Wildman–Crippen MR) is 156 cm³/mol. The number of halogens is 1. The summed E-state index contributed by atoms with van der Waals surface area (Å²) in [6.07, 6.45) is -0.907. The summed E-state index contributed by atoms with van der Waals surface area (Å²) in [5.41, 5.74) is -0.450. The molecule has 0 aromatic carbocycles. The lowest BCUT2D eigenvalue weighted by Crippen LogP contribution is -2.60. The van der Waals surface area contributed by atoms with E-state index in [1.165, 1.54) is 6.20 Å². The van der Waals surface area contributed by atoms with Crippen molar-refractivity contribution in [3.05, 3.63) is 33.1 Å². The molecule has 0 unspecified atom stereocenters. The predicted octanol–water partition coefficient (Wildman–Crippen LogP) is 4.96. The zero-order chi connectivity index (χ0) is 29.3. The number of hydrogen-bond acceptors (Lipinski definition) is 6. The Hall–Kier alpha value is -1.34. The topological polar surface area (TPSA) is 103 Å².